The molecule has 1 heterocycles. The van der Waals surface area contributed by atoms with E-state index in [1.54, 1.807) is 18.3 Å². The van der Waals surface area contributed by atoms with E-state index in [2.05, 4.69) is 48.9 Å². The van der Waals surface area contributed by atoms with Crippen LogP contribution in [-0.4, -0.2) is 28.4 Å². The van der Waals surface area contributed by atoms with Crippen LogP contribution in [0, 0.1) is 9.39 Å². The zero-order valence-corrected chi connectivity index (χ0v) is 24.6. The Morgan fingerprint density at radius 1 is 1.13 bits per heavy atom. The topological polar surface area (TPSA) is 85.6 Å². The molecule has 1 aliphatic carbocycles. The number of anilines is 1. The number of carbonyl (C=O) groups is 1. The highest BCUT2D eigenvalue weighted by atomic mass is 127. The highest BCUT2D eigenvalue weighted by molar-refractivity contribution is 14.1. The van der Waals surface area contributed by atoms with E-state index in [0.717, 1.165) is 39.3 Å². The molecule has 7 nitrogen and oxygen atoms in total. The Morgan fingerprint density at radius 3 is 2.64 bits per heavy atom. The Bertz CT molecular complexity index is 1600. The number of nitrogens with one attached hydrogen (secondary N) is 1. The molecule has 1 aromatic heterocycles. The van der Waals surface area contributed by atoms with Gasteiger partial charge in [-0.05, 0) is 102 Å². The fourth-order valence-corrected chi connectivity index (χ4v) is 5.67. The van der Waals surface area contributed by atoms with E-state index in [9.17, 15) is 14.0 Å². The van der Waals surface area contributed by atoms with Crippen molar-refractivity contribution in [3.63, 3.8) is 0 Å². The van der Waals surface area contributed by atoms with Crippen LogP contribution in [0.2, 0.25) is 0 Å². The molecular formula is C29H25BrFIN4O3. The van der Waals surface area contributed by atoms with Crippen molar-refractivity contribution in [1.82, 2.24) is 9.66 Å². The van der Waals surface area contributed by atoms with Crippen molar-refractivity contribution in [2.45, 2.75) is 38.0 Å². The summed E-state index contributed by atoms with van der Waals surface area (Å²) in [5.74, 6) is 0.705. The van der Waals surface area contributed by atoms with Gasteiger partial charge in [0.1, 0.15) is 17.4 Å². The third-order valence-corrected chi connectivity index (χ3v) is 7.90. The number of hydrogen-bond acceptors (Lipinski definition) is 5. The molecule has 1 amide bonds. The molecule has 0 aliphatic heterocycles. The van der Waals surface area contributed by atoms with Gasteiger partial charge in [-0.1, -0.05) is 35.2 Å². The number of fused-ring (bicyclic) bond motifs is 1. The average Bonchev–Trinajstić information content (AvgIpc) is 2.94. The van der Waals surface area contributed by atoms with Gasteiger partial charge in [-0.15, -0.1) is 0 Å². The van der Waals surface area contributed by atoms with E-state index >= 15 is 0 Å². The summed E-state index contributed by atoms with van der Waals surface area (Å²) < 4.78 is 21.8. The van der Waals surface area contributed by atoms with E-state index in [4.69, 9.17) is 9.72 Å². The quantitative estimate of drug-likeness (QED) is 0.169. The van der Waals surface area contributed by atoms with Gasteiger partial charge in [-0.3, -0.25) is 9.59 Å². The lowest BCUT2D eigenvalue weighted by molar-refractivity contribution is -0.118. The average molecular weight is 703 g/mol. The minimum Gasteiger partial charge on any atom is -0.483 e. The summed E-state index contributed by atoms with van der Waals surface area (Å²) in [5.41, 5.74) is 1.75. The molecule has 1 fully saturated rings. The molecule has 0 radical (unpaired) electrons. The zero-order chi connectivity index (χ0) is 27.4. The molecule has 0 bridgehead atoms. The second-order valence-electron chi connectivity index (χ2n) is 9.36. The van der Waals surface area contributed by atoms with E-state index in [-0.39, 0.29) is 29.8 Å². The maximum Gasteiger partial charge on any atom is 0.282 e. The molecule has 5 rings (SSSR count). The first-order valence-electron chi connectivity index (χ1n) is 12.6. The number of carbonyl (C=O) groups excluding carboxylic acids is 1. The number of rotatable bonds is 7. The Labute approximate surface area is 246 Å². The second kappa shape index (κ2) is 12.4. The summed E-state index contributed by atoms with van der Waals surface area (Å²) in [6.45, 7) is -0.195. The van der Waals surface area contributed by atoms with Crippen molar-refractivity contribution >= 4 is 67.2 Å². The summed E-state index contributed by atoms with van der Waals surface area (Å²) >= 11 is 5.58. The third-order valence-electron chi connectivity index (χ3n) is 6.57. The van der Waals surface area contributed by atoms with Crippen LogP contribution in [0.5, 0.6) is 5.75 Å². The fraction of sp³-hybridized carbons (Fsp3) is 0.241. The molecule has 0 unspecified atom stereocenters. The van der Waals surface area contributed by atoms with Crippen molar-refractivity contribution in [3.05, 3.63) is 96.3 Å². The fourth-order valence-electron chi connectivity index (χ4n) is 4.62. The molecule has 39 heavy (non-hydrogen) atoms. The largest absolute Gasteiger partial charge is 0.483 e. The van der Waals surface area contributed by atoms with Crippen LogP contribution in [0.3, 0.4) is 0 Å². The first-order chi connectivity index (χ1) is 18.9. The summed E-state index contributed by atoms with van der Waals surface area (Å²) in [5, 5.41) is 7.77. The number of hydrogen-bond donors (Lipinski definition) is 1. The highest BCUT2D eigenvalue weighted by Crippen LogP contribution is 2.32. The monoisotopic (exact) mass is 702 g/mol. The lowest BCUT2D eigenvalue weighted by atomic mass is 9.88. The maximum atomic E-state index is 13.5. The molecule has 1 N–H and O–H groups in total. The Kier molecular flexibility index (Phi) is 8.71. The zero-order valence-electron chi connectivity index (χ0n) is 20.9. The van der Waals surface area contributed by atoms with Crippen LogP contribution in [0.1, 0.15) is 49.4 Å². The molecule has 0 saturated heterocycles. The van der Waals surface area contributed by atoms with E-state index in [0.29, 0.717) is 28.2 Å². The van der Waals surface area contributed by atoms with Crippen LogP contribution in [-0.2, 0) is 4.79 Å². The van der Waals surface area contributed by atoms with Crippen molar-refractivity contribution in [3.8, 4) is 5.75 Å². The molecule has 1 saturated carbocycles. The number of aromatic nitrogens is 2. The van der Waals surface area contributed by atoms with Crippen LogP contribution in [0.25, 0.3) is 10.9 Å². The van der Waals surface area contributed by atoms with Crippen molar-refractivity contribution in [2.75, 3.05) is 11.9 Å². The molecule has 0 atom stereocenters. The summed E-state index contributed by atoms with van der Waals surface area (Å²) in [6, 6.07) is 16.5. The molecule has 4 aromatic rings. The van der Waals surface area contributed by atoms with Crippen LogP contribution >= 0.6 is 38.5 Å². The van der Waals surface area contributed by atoms with Crippen molar-refractivity contribution in [1.29, 1.82) is 0 Å². The predicted molar refractivity (Wildman–Crippen MR) is 162 cm³/mol. The van der Waals surface area contributed by atoms with Crippen molar-refractivity contribution < 1.29 is 13.9 Å². The van der Waals surface area contributed by atoms with Gasteiger partial charge in [-0.2, -0.15) is 9.78 Å². The molecule has 200 valence electrons. The van der Waals surface area contributed by atoms with Gasteiger partial charge in [0.2, 0.25) is 0 Å². The molecule has 3 aromatic carbocycles. The van der Waals surface area contributed by atoms with Gasteiger partial charge in [-0.25, -0.2) is 9.37 Å². The SMILES string of the molecule is O=C(COc1ccc(C=Nn2c(C3CCCCC3)nc3ccc(Br)cc3c2=O)cc1I)Nc1ccc(F)cc1. The van der Waals surface area contributed by atoms with Gasteiger partial charge in [0.25, 0.3) is 11.5 Å². The number of benzene rings is 3. The Balaban J connectivity index is 1.35. The van der Waals surface area contributed by atoms with Crippen LogP contribution in [0.4, 0.5) is 10.1 Å². The molecule has 1 aliphatic rings. The first kappa shape index (κ1) is 27.4. The first-order valence-corrected chi connectivity index (χ1v) is 14.5. The van der Waals surface area contributed by atoms with Gasteiger partial charge < -0.3 is 10.1 Å². The number of ether oxygens (including phenoxy) is 1. The van der Waals surface area contributed by atoms with E-state index < -0.39 is 0 Å². The highest BCUT2D eigenvalue weighted by Gasteiger charge is 2.22. The van der Waals surface area contributed by atoms with Gasteiger partial charge in [0.05, 0.1) is 20.7 Å². The number of nitrogens with zero attached hydrogens (tertiary/aromatic N) is 3. The summed E-state index contributed by atoms with van der Waals surface area (Å²) in [6.07, 6.45) is 7.05. The lowest BCUT2D eigenvalue weighted by Gasteiger charge is -2.22. The molecule has 10 heteroatoms. The standard InChI is InChI=1S/C29H25BrFIN4O3/c30-20-7-12-25-23(15-20)29(38)36(28(35-25)19-4-2-1-3-5-19)33-16-18-6-13-26(24(32)14-18)39-17-27(37)34-22-10-8-21(31)9-11-22/h6-16,19H,1-5,17H2,(H,34,37). The number of amides is 1. The van der Waals surface area contributed by atoms with Crippen LogP contribution in [0.15, 0.2) is 75.0 Å². The van der Waals surface area contributed by atoms with E-state index in [1.165, 1.54) is 35.4 Å². The third kappa shape index (κ3) is 6.73. The normalized spacial score (nSPS) is 14.1. The van der Waals surface area contributed by atoms with Gasteiger partial charge in [0, 0.05) is 16.1 Å². The summed E-state index contributed by atoms with van der Waals surface area (Å²) in [7, 11) is 0. The Hall–Kier alpha value is -3.12. The van der Waals surface area contributed by atoms with Gasteiger partial charge in [0.15, 0.2) is 6.61 Å². The summed E-state index contributed by atoms with van der Waals surface area (Å²) in [4.78, 5) is 30.6. The van der Waals surface area contributed by atoms with Crippen molar-refractivity contribution in [2.24, 2.45) is 5.10 Å². The Morgan fingerprint density at radius 2 is 1.90 bits per heavy atom. The maximum absolute atomic E-state index is 13.5. The predicted octanol–water partition coefficient (Wildman–Crippen LogP) is 6.85. The minimum atomic E-state index is -0.373. The smallest absolute Gasteiger partial charge is 0.282 e. The number of halogens is 3. The van der Waals surface area contributed by atoms with Crippen LogP contribution < -0.4 is 15.6 Å². The minimum absolute atomic E-state index is 0.189. The molecule has 0 spiro atoms. The molecular weight excluding hydrogens is 678 g/mol. The van der Waals surface area contributed by atoms with Gasteiger partial charge >= 0.3 is 0 Å². The van der Waals surface area contributed by atoms with E-state index in [1.807, 2.05) is 24.3 Å². The lowest BCUT2D eigenvalue weighted by Crippen LogP contribution is -2.25. The second-order valence-corrected chi connectivity index (χ2v) is 11.4.